The van der Waals surface area contributed by atoms with Gasteiger partial charge in [-0.2, -0.15) is 0 Å². The van der Waals surface area contributed by atoms with E-state index in [4.69, 9.17) is 18.0 Å². The Morgan fingerprint density at radius 3 is 2.58 bits per heavy atom. The summed E-state index contributed by atoms with van der Waals surface area (Å²) in [5.41, 5.74) is 6.05. The highest BCUT2D eigenvalue weighted by molar-refractivity contribution is 7.89. The molecule has 0 unspecified atom stereocenters. The number of thiocarbonyl (C=S) groups is 1. The van der Waals surface area contributed by atoms with Gasteiger partial charge in [-0.1, -0.05) is 43.8 Å². The van der Waals surface area contributed by atoms with Crippen LogP contribution in [0, 0.1) is 5.41 Å². The van der Waals surface area contributed by atoms with Crippen molar-refractivity contribution in [3.05, 3.63) is 29.8 Å². The lowest BCUT2D eigenvalue weighted by molar-refractivity contribution is 0.166. The molecule has 0 saturated heterocycles. The molecular formula is C13H18N2O2S2. The van der Waals surface area contributed by atoms with E-state index in [0.29, 0.717) is 12.1 Å². The zero-order valence-corrected chi connectivity index (χ0v) is 12.5. The first-order valence-corrected chi connectivity index (χ1v) is 8.12. The zero-order chi connectivity index (χ0) is 14.1. The Morgan fingerprint density at radius 1 is 1.42 bits per heavy atom. The fourth-order valence-electron chi connectivity index (χ4n) is 2.21. The van der Waals surface area contributed by atoms with Crippen molar-refractivity contribution in [1.29, 1.82) is 0 Å². The summed E-state index contributed by atoms with van der Waals surface area (Å²) in [6.45, 7) is 2.56. The lowest BCUT2D eigenvalue weighted by atomic mass is 9.71. The Bertz CT molecular complexity index is 592. The molecule has 3 N–H and O–H groups in total. The Labute approximate surface area is 119 Å². The molecular weight excluding hydrogens is 280 g/mol. The molecule has 2 rings (SSSR count). The van der Waals surface area contributed by atoms with Crippen LogP contribution in [0.15, 0.2) is 29.2 Å². The molecule has 4 nitrogen and oxygen atoms in total. The zero-order valence-electron chi connectivity index (χ0n) is 10.8. The van der Waals surface area contributed by atoms with Crippen LogP contribution in [0.1, 0.15) is 31.7 Å². The van der Waals surface area contributed by atoms with E-state index >= 15 is 0 Å². The second-order valence-corrected chi connectivity index (χ2v) is 7.52. The van der Waals surface area contributed by atoms with Crippen LogP contribution in [0.4, 0.5) is 0 Å². The van der Waals surface area contributed by atoms with Crippen LogP contribution in [0.3, 0.4) is 0 Å². The predicted molar refractivity (Wildman–Crippen MR) is 79.5 cm³/mol. The van der Waals surface area contributed by atoms with Crippen molar-refractivity contribution in [2.45, 2.75) is 31.1 Å². The number of rotatable bonds is 5. The van der Waals surface area contributed by atoms with Crippen molar-refractivity contribution in [3.8, 4) is 0 Å². The van der Waals surface area contributed by atoms with Crippen LogP contribution in [-0.4, -0.2) is 20.0 Å². The summed E-state index contributed by atoms with van der Waals surface area (Å²) >= 11 is 4.90. The highest BCUT2D eigenvalue weighted by atomic mass is 32.2. The van der Waals surface area contributed by atoms with Gasteiger partial charge in [-0.25, -0.2) is 13.1 Å². The lowest BCUT2D eigenvalue weighted by Gasteiger charge is -2.38. The van der Waals surface area contributed by atoms with E-state index in [1.807, 2.05) is 0 Å². The highest BCUT2D eigenvalue weighted by Gasteiger charge is 2.33. The fraction of sp³-hybridized carbons (Fsp3) is 0.462. The molecule has 1 aromatic rings. The summed E-state index contributed by atoms with van der Waals surface area (Å²) in [5.74, 6) is 0. The average molecular weight is 298 g/mol. The molecule has 1 aliphatic rings. The number of sulfonamides is 1. The van der Waals surface area contributed by atoms with Gasteiger partial charge in [-0.3, -0.25) is 0 Å². The molecule has 6 heteroatoms. The molecule has 0 bridgehead atoms. The third-order valence-corrected chi connectivity index (χ3v) is 5.37. The van der Waals surface area contributed by atoms with Crippen molar-refractivity contribution >= 4 is 27.2 Å². The van der Waals surface area contributed by atoms with Crippen LogP contribution >= 0.6 is 12.2 Å². The van der Waals surface area contributed by atoms with Crippen LogP contribution < -0.4 is 10.5 Å². The Kier molecular flexibility index (Phi) is 3.94. The SMILES string of the molecule is CC1(CNS(=O)(=O)c2ccccc2C(N)=S)CCC1. The van der Waals surface area contributed by atoms with Crippen LogP contribution in [0.25, 0.3) is 0 Å². The van der Waals surface area contributed by atoms with Gasteiger partial charge in [-0.15, -0.1) is 0 Å². The summed E-state index contributed by atoms with van der Waals surface area (Å²) in [6, 6.07) is 6.55. The van der Waals surface area contributed by atoms with E-state index in [1.165, 1.54) is 12.5 Å². The Hall–Kier alpha value is -0.980. The molecule has 104 valence electrons. The monoisotopic (exact) mass is 298 g/mol. The topological polar surface area (TPSA) is 72.2 Å². The first-order chi connectivity index (χ1) is 8.84. The minimum Gasteiger partial charge on any atom is -0.389 e. The molecule has 1 aliphatic carbocycles. The molecule has 0 amide bonds. The van der Waals surface area contributed by atoms with Gasteiger partial charge in [0.05, 0.1) is 4.90 Å². The van der Waals surface area contributed by atoms with Gasteiger partial charge in [0.15, 0.2) is 0 Å². The lowest BCUT2D eigenvalue weighted by Crippen LogP contribution is -2.40. The standard InChI is InChI=1S/C13H18N2O2S2/c1-13(7-4-8-13)9-15-19(16,17)11-6-3-2-5-10(11)12(14)18/h2-3,5-6,15H,4,7-9H2,1H3,(H2,14,18). The molecule has 0 radical (unpaired) electrons. The van der Waals surface area contributed by atoms with E-state index < -0.39 is 10.0 Å². The van der Waals surface area contributed by atoms with Gasteiger partial charge in [0.25, 0.3) is 0 Å². The Balaban J connectivity index is 2.22. The highest BCUT2D eigenvalue weighted by Crippen LogP contribution is 2.39. The van der Waals surface area contributed by atoms with Crippen LogP contribution in [0.5, 0.6) is 0 Å². The third kappa shape index (κ3) is 3.13. The molecule has 1 aromatic carbocycles. The van der Waals surface area contributed by atoms with Gasteiger partial charge in [0, 0.05) is 12.1 Å². The van der Waals surface area contributed by atoms with E-state index in [0.717, 1.165) is 12.8 Å². The maximum atomic E-state index is 12.3. The molecule has 0 atom stereocenters. The minimum absolute atomic E-state index is 0.0885. The summed E-state index contributed by atoms with van der Waals surface area (Å²) in [4.78, 5) is 0.251. The Morgan fingerprint density at radius 2 is 2.05 bits per heavy atom. The molecule has 0 spiro atoms. The van der Waals surface area contributed by atoms with Crippen LogP contribution in [-0.2, 0) is 10.0 Å². The van der Waals surface area contributed by atoms with Gasteiger partial charge < -0.3 is 5.73 Å². The molecule has 1 saturated carbocycles. The van der Waals surface area contributed by atoms with Gasteiger partial charge >= 0.3 is 0 Å². The number of benzene rings is 1. The smallest absolute Gasteiger partial charge is 0.241 e. The number of nitrogens with two attached hydrogens (primary N) is 1. The molecule has 1 fully saturated rings. The molecule has 0 aromatic heterocycles. The van der Waals surface area contributed by atoms with Gasteiger partial charge in [0.1, 0.15) is 4.99 Å². The van der Waals surface area contributed by atoms with E-state index in [1.54, 1.807) is 18.2 Å². The number of hydrogen-bond acceptors (Lipinski definition) is 3. The van der Waals surface area contributed by atoms with Crippen molar-refractivity contribution in [2.75, 3.05) is 6.54 Å². The molecule has 19 heavy (non-hydrogen) atoms. The van der Waals surface area contributed by atoms with Crippen molar-refractivity contribution in [3.63, 3.8) is 0 Å². The van der Waals surface area contributed by atoms with Crippen LogP contribution in [0.2, 0.25) is 0 Å². The second-order valence-electron chi connectivity index (χ2n) is 5.35. The fourth-order valence-corrected chi connectivity index (χ4v) is 3.87. The normalized spacial score (nSPS) is 17.7. The second kappa shape index (κ2) is 5.19. The predicted octanol–water partition coefficient (Wildman–Crippen LogP) is 1.79. The maximum absolute atomic E-state index is 12.3. The molecule has 0 aliphatic heterocycles. The summed E-state index contributed by atoms with van der Waals surface area (Å²) < 4.78 is 27.3. The first-order valence-electron chi connectivity index (χ1n) is 6.23. The summed E-state index contributed by atoms with van der Waals surface area (Å²) in [6.07, 6.45) is 3.29. The summed E-state index contributed by atoms with van der Waals surface area (Å²) in [7, 11) is -3.56. The van der Waals surface area contributed by atoms with Crippen molar-refractivity contribution in [1.82, 2.24) is 4.72 Å². The number of nitrogens with one attached hydrogen (secondary N) is 1. The average Bonchev–Trinajstić information content (AvgIpc) is 2.34. The first kappa shape index (κ1) is 14.4. The van der Waals surface area contributed by atoms with Gasteiger partial charge in [-0.05, 0) is 24.3 Å². The quantitative estimate of drug-likeness (QED) is 0.813. The maximum Gasteiger partial charge on any atom is 0.241 e. The minimum atomic E-state index is -3.56. The van der Waals surface area contributed by atoms with E-state index in [-0.39, 0.29) is 15.3 Å². The van der Waals surface area contributed by atoms with E-state index in [9.17, 15) is 8.42 Å². The third-order valence-electron chi connectivity index (χ3n) is 3.69. The van der Waals surface area contributed by atoms with E-state index in [2.05, 4.69) is 11.6 Å². The largest absolute Gasteiger partial charge is 0.389 e. The van der Waals surface area contributed by atoms with Crippen molar-refractivity contribution in [2.24, 2.45) is 11.1 Å². The molecule has 0 heterocycles. The van der Waals surface area contributed by atoms with Crippen molar-refractivity contribution < 1.29 is 8.42 Å². The summed E-state index contributed by atoms with van der Waals surface area (Å²) in [5, 5.41) is 0. The van der Waals surface area contributed by atoms with Gasteiger partial charge in [0.2, 0.25) is 10.0 Å². The number of hydrogen-bond donors (Lipinski definition) is 2.